The fourth-order valence-electron chi connectivity index (χ4n) is 2.63. The molecule has 0 radical (unpaired) electrons. The van der Waals surface area contributed by atoms with Gasteiger partial charge in [-0.2, -0.15) is 24.9 Å². The molecule has 1 aliphatic rings. The number of rotatable bonds is 8. The maximum atomic E-state index is 12.1. The molecule has 0 spiro atoms. The molecule has 1 unspecified atom stereocenters. The van der Waals surface area contributed by atoms with Gasteiger partial charge >= 0.3 is 6.18 Å². The highest BCUT2D eigenvalue weighted by Gasteiger charge is 2.27. The van der Waals surface area contributed by atoms with E-state index in [1.165, 1.54) is 18.6 Å². The van der Waals surface area contributed by atoms with Crippen LogP contribution in [0.5, 0.6) is 0 Å². The normalized spacial score (nSPS) is 17.5. The molecule has 1 aromatic carbocycles. The van der Waals surface area contributed by atoms with E-state index in [0.717, 1.165) is 24.6 Å². The van der Waals surface area contributed by atoms with Gasteiger partial charge in [-0.25, -0.2) is 4.99 Å². The van der Waals surface area contributed by atoms with Gasteiger partial charge in [-0.15, -0.1) is 24.0 Å². The summed E-state index contributed by atoms with van der Waals surface area (Å²) in [4.78, 5) is 4.57. The van der Waals surface area contributed by atoms with E-state index in [0.29, 0.717) is 17.4 Å². The molecule has 0 aliphatic carbocycles. The molecule has 1 aromatic rings. The van der Waals surface area contributed by atoms with Gasteiger partial charge in [-0.05, 0) is 36.6 Å². The zero-order valence-electron chi connectivity index (χ0n) is 15.3. The second kappa shape index (κ2) is 12.7. The Hall–Kier alpha value is -0.680. The first-order valence-corrected chi connectivity index (χ1v) is 9.87. The molecule has 1 aliphatic heterocycles. The van der Waals surface area contributed by atoms with Crippen molar-refractivity contribution in [1.29, 1.82) is 0 Å². The van der Waals surface area contributed by atoms with E-state index >= 15 is 0 Å². The summed E-state index contributed by atoms with van der Waals surface area (Å²) in [7, 11) is 0. The van der Waals surface area contributed by atoms with Crippen molar-refractivity contribution in [3.63, 3.8) is 0 Å². The second-order valence-electron chi connectivity index (χ2n) is 6.14. The number of aliphatic imine (C=N–C) groups is 1. The van der Waals surface area contributed by atoms with E-state index in [1.54, 1.807) is 6.07 Å². The highest BCUT2D eigenvalue weighted by Crippen LogP contribution is 2.25. The topological polar surface area (TPSA) is 45.7 Å². The van der Waals surface area contributed by atoms with Crippen LogP contribution in [0.1, 0.15) is 30.9 Å². The summed E-state index contributed by atoms with van der Waals surface area (Å²) in [5.41, 5.74) is 1.65. The molecule has 0 bridgehead atoms. The highest BCUT2D eigenvalue weighted by atomic mass is 127. The van der Waals surface area contributed by atoms with E-state index in [1.807, 2.05) is 36.9 Å². The third kappa shape index (κ3) is 10.4. The van der Waals surface area contributed by atoms with Crippen LogP contribution in [0.25, 0.3) is 0 Å². The molecule has 9 heteroatoms. The number of nitrogens with zero attached hydrogens (tertiary/aromatic N) is 1. The zero-order valence-corrected chi connectivity index (χ0v) is 18.5. The Morgan fingerprint density at radius 1 is 1.30 bits per heavy atom. The first kappa shape index (κ1) is 24.4. The van der Waals surface area contributed by atoms with Crippen LogP contribution in [0.2, 0.25) is 0 Å². The van der Waals surface area contributed by atoms with E-state index in [9.17, 15) is 13.2 Å². The van der Waals surface area contributed by atoms with Crippen LogP contribution in [-0.4, -0.2) is 42.8 Å². The molecule has 1 saturated heterocycles. The Morgan fingerprint density at radius 3 is 2.74 bits per heavy atom. The Morgan fingerprint density at radius 2 is 2.07 bits per heavy atom. The van der Waals surface area contributed by atoms with Gasteiger partial charge in [0.05, 0.1) is 13.2 Å². The molecular formula is C18H27F3IN3OS. The molecule has 27 heavy (non-hydrogen) atoms. The lowest BCUT2D eigenvalue weighted by atomic mass is 10.1. The molecule has 0 amide bonds. The number of halogens is 4. The largest absolute Gasteiger partial charge is 0.411 e. The Bertz CT molecular complexity index is 581. The van der Waals surface area contributed by atoms with Gasteiger partial charge < -0.3 is 15.4 Å². The van der Waals surface area contributed by atoms with Crippen LogP contribution in [0, 0.1) is 0 Å². The summed E-state index contributed by atoms with van der Waals surface area (Å²) in [6.45, 7) is 2.84. The molecule has 2 N–H and O–H groups in total. The van der Waals surface area contributed by atoms with Gasteiger partial charge in [0.2, 0.25) is 0 Å². The number of ether oxygens (including phenoxy) is 1. The summed E-state index contributed by atoms with van der Waals surface area (Å²) in [5.74, 6) is 1.99. The van der Waals surface area contributed by atoms with Gasteiger partial charge in [0.25, 0.3) is 0 Å². The number of hydrogen-bond donors (Lipinski definition) is 2. The van der Waals surface area contributed by atoms with Gasteiger partial charge in [-0.1, -0.05) is 24.3 Å². The van der Waals surface area contributed by atoms with Crippen molar-refractivity contribution in [2.75, 3.05) is 25.4 Å². The maximum absolute atomic E-state index is 12.1. The van der Waals surface area contributed by atoms with Crippen molar-refractivity contribution >= 4 is 41.7 Å². The van der Waals surface area contributed by atoms with Crippen molar-refractivity contribution in [2.45, 2.75) is 44.3 Å². The fraction of sp³-hybridized carbons (Fsp3) is 0.611. The molecule has 0 saturated carbocycles. The average Bonchev–Trinajstić information content (AvgIpc) is 3.10. The minimum absolute atomic E-state index is 0. The van der Waals surface area contributed by atoms with Crippen molar-refractivity contribution in [3.05, 3.63) is 35.4 Å². The number of benzene rings is 1. The maximum Gasteiger partial charge on any atom is 0.411 e. The first-order valence-electron chi connectivity index (χ1n) is 8.82. The van der Waals surface area contributed by atoms with Gasteiger partial charge in [0.15, 0.2) is 5.96 Å². The highest BCUT2D eigenvalue weighted by molar-refractivity contribution is 14.0. The third-order valence-corrected chi connectivity index (χ3v) is 5.21. The van der Waals surface area contributed by atoms with Crippen LogP contribution in [0.4, 0.5) is 13.2 Å². The molecule has 1 fully saturated rings. The lowest BCUT2D eigenvalue weighted by Gasteiger charge is -2.14. The zero-order chi connectivity index (χ0) is 18.8. The van der Waals surface area contributed by atoms with E-state index in [2.05, 4.69) is 15.6 Å². The van der Waals surface area contributed by atoms with E-state index in [4.69, 9.17) is 4.74 Å². The number of guanidine groups is 1. The summed E-state index contributed by atoms with van der Waals surface area (Å²) >= 11 is 1.99. The summed E-state index contributed by atoms with van der Waals surface area (Å²) in [6.07, 6.45) is -1.79. The summed E-state index contributed by atoms with van der Waals surface area (Å²) in [6, 6.07) is 7.31. The number of thioether (sulfide) groups is 1. The Kier molecular flexibility index (Phi) is 11.5. The van der Waals surface area contributed by atoms with Crippen LogP contribution in [0.3, 0.4) is 0 Å². The molecule has 2 rings (SSSR count). The van der Waals surface area contributed by atoms with Crippen LogP contribution >= 0.6 is 35.7 Å². The van der Waals surface area contributed by atoms with Crippen LogP contribution < -0.4 is 10.6 Å². The van der Waals surface area contributed by atoms with E-state index < -0.39 is 12.8 Å². The molecule has 154 valence electrons. The van der Waals surface area contributed by atoms with Gasteiger partial charge in [-0.3, -0.25) is 0 Å². The second-order valence-corrected chi connectivity index (χ2v) is 7.55. The minimum Gasteiger partial charge on any atom is -0.367 e. The number of alkyl halides is 3. The Balaban J connectivity index is 0.00000364. The number of nitrogens with one attached hydrogen (secondary N) is 2. The predicted molar refractivity (Wildman–Crippen MR) is 116 cm³/mol. The van der Waals surface area contributed by atoms with E-state index in [-0.39, 0.29) is 30.6 Å². The predicted octanol–water partition coefficient (Wildman–Crippen LogP) is 4.33. The van der Waals surface area contributed by atoms with Gasteiger partial charge in [0.1, 0.15) is 6.61 Å². The fourth-order valence-corrected chi connectivity index (χ4v) is 3.83. The number of hydrogen-bond acceptors (Lipinski definition) is 3. The minimum atomic E-state index is -4.30. The molecule has 1 atom stereocenters. The van der Waals surface area contributed by atoms with Gasteiger partial charge in [0, 0.05) is 18.3 Å². The van der Waals surface area contributed by atoms with Crippen LogP contribution in [0.15, 0.2) is 29.3 Å². The molecular weight excluding hydrogens is 490 g/mol. The lowest BCUT2D eigenvalue weighted by molar-refractivity contribution is -0.176. The molecule has 1 heterocycles. The van der Waals surface area contributed by atoms with Crippen molar-refractivity contribution in [3.8, 4) is 0 Å². The smallest absolute Gasteiger partial charge is 0.367 e. The standard InChI is InChI=1S/C18H26F3N3OS.HI/c1-2-22-17(24-11-16-7-4-8-26-16)23-10-14-5-3-6-15(9-14)12-25-13-18(19,20)21;/h3,5-6,9,16H,2,4,7-8,10-13H2,1H3,(H2,22,23,24);1H. The van der Waals surface area contributed by atoms with Crippen molar-refractivity contribution in [1.82, 2.24) is 10.6 Å². The van der Waals surface area contributed by atoms with Crippen LogP contribution in [-0.2, 0) is 17.9 Å². The molecule has 4 nitrogen and oxygen atoms in total. The summed E-state index contributed by atoms with van der Waals surface area (Å²) in [5, 5.41) is 7.22. The SMILES string of the molecule is CCNC(=NCc1cccc(COCC(F)(F)F)c1)NCC1CCCS1.I. The van der Waals surface area contributed by atoms with Crippen molar-refractivity contribution in [2.24, 2.45) is 4.99 Å². The quantitative estimate of drug-likeness (QED) is 0.306. The molecule has 0 aromatic heterocycles. The average molecular weight is 517 g/mol. The Labute approximate surface area is 180 Å². The third-order valence-electron chi connectivity index (χ3n) is 3.81. The monoisotopic (exact) mass is 517 g/mol. The van der Waals surface area contributed by atoms with Crippen molar-refractivity contribution < 1.29 is 17.9 Å². The first-order chi connectivity index (χ1) is 12.5. The summed E-state index contributed by atoms with van der Waals surface area (Å²) < 4.78 is 41.1. The lowest BCUT2D eigenvalue weighted by Crippen LogP contribution is -2.40.